The lowest BCUT2D eigenvalue weighted by atomic mass is 9.93. The number of aromatic nitrogens is 1. The molecule has 5 heteroatoms. The highest BCUT2D eigenvalue weighted by atomic mass is 32.1. The zero-order valence-electron chi connectivity index (χ0n) is 14.2. The largest absolute Gasteiger partial charge is 0.444 e. The van der Waals surface area contributed by atoms with E-state index in [0.29, 0.717) is 0 Å². The molecule has 0 radical (unpaired) electrons. The molecule has 0 bridgehead atoms. The van der Waals surface area contributed by atoms with Gasteiger partial charge in [0.15, 0.2) is 0 Å². The molecule has 1 aliphatic rings. The van der Waals surface area contributed by atoms with Crippen LogP contribution in [0.25, 0.3) is 10.8 Å². The number of hydrogen-bond donors (Lipinski definition) is 0. The van der Waals surface area contributed by atoms with Crippen LogP contribution in [0.1, 0.15) is 27.7 Å². The minimum atomic E-state index is 0.285. The summed E-state index contributed by atoms with van der Waals surface area (Å²) in [5, 5.41) is 4.27. The molecule has 1 aromatic carbocycles. The van der Waals surface area contributed by atoms with Crippen LogP contribution >= 0.6 is 22.7 Å². The van der Waals surface area contributed by atoms with Gasteiger partial charge in [-0.2, -0.15) is 0 Å². The zero-order chi connectivity index (χ0) is 17.3. The third-order valence-corrected chi connectivity index (χ3v) is 6.68. The molecule has 1 aliphatic heterocycles. The molecule has 0 saturated heterocycles. The maximum Gasteiger partial charge on any atom is 0.236 e. The van der Waals surface area contributed by atoms with E-state index in [2.05, 4.69) is 46.7 Å². The van der Waals surface area contributed by atoms with Crippen LogP contribution < -0.4 is 0 Å². The van der Waals surface area contributed by atoms with Gasteiger partial charge < -0.3 is 4.42 Å². The molecule has 0 aliphatic carbocycles. The first-order valence-electron chi connectivity index (χ1n) is 8.72. The lowest BCUT2D eigenvalue weighted by Gasteiger charge is -2.35. The van der Waals surface area contributed by atoms with Gasteiger partial charge in [0.05, 0.1) is 16.6 Å². The smallest absolute Gasteiger partial charge is 0.236 e. The Morgan fingerprint density at radius 1 is 1.04 bits per heavy atom. The summed E-state index contributed by atoms with van der Waals surface area (Å²) in [6.07, 6.45) is 2.91. The number of nitrogens with zero attached hydrogens (tertiary/aromatic N) is 2. The molecule has 0 unspecified atom stereocenters. The molecule has 0 N–H and O–H groups in total. The van der Waals surface area contributed by atoms with Crippen LogP contribution in [0.5, 0.6) is 0 Å². The maximum absolute atomic E-state index is 5.72. The van der Waals surface area contributed by atoms with E-state index in [0.717, 1.165) is 36.0 Å². The number of oxazole rings is 1. The van der Waals surface area contributed by atoms with Crippen molar-refractivity contribution in [3.05, 3.63) is 87.3 Å². The molecule has 1 atom stereocenters. The van der Waals surface area contributed by atoms with Gasteiger partial charge in [0.2, 0.25) is 5.89 Å². The molecule has 130 valence electrons. The van der Waals surface area contributed by atoms with Crippen molar-refractivity contribution in [3.63, 3.8) is 0 Å². The average Bonchev–Trinajstić information content (AvgIpc) is 3.43. The first-order chi connectivity index (χ1) is 12.9. The van der Waals surface area contributed by atoms with Gasteiger partial charge in [-0.25, -0.2) is 4.98 Å². The Kier molecular flexibility index (Phi) is 4.21. The van der Waals surface area contributed by atoms with Crippen molar-refractivity contribution in [2.24, 2.45) is 0 Å². The summed E-state index contributed by atoms with van der Waals surface area (Å²) >= 11 is 3.53. The van der Waals surface area contributed by atoms with E-state index in [9.17, 15) is 0 Å². The molecule has 4 heterocycles. The number of hydrogen-bond acceptors (Lipinski definition) is 5. The summed E-state index contributed by atoms with van der Waals surface area (Å²) in [4.78, 5) is 9.82. The van der Waals surface area contributed by atoms with E-state index < -0.39 is 0 Å². The highest BCUT2D eigenvalue weighted by Crippen LogP contribution is 2.38. The van der Waals surface area contributed by atoms with Crippen LogP contribution in [0, 0.1) is 0 Å². The predicted octanol–water partition coefficient (Wildman–Crippen LogP) is 5.61. The first kappa shape index (κ1) is 16.0. The molecule has 0 saturated carbocycles. The van der Waals surface area contributed by atoms with Crippen molar-refractivity contribution in [1.29, 1.82) is 0 Å². The SMILES string of the molecule is c1ccc([C@@H]2c3ccsc3CCN2Cc2coc(-c3cccs3)n2)cc1. The van der Waals surface area contributed by atoms with Crippen LogP contribution in [0.15, 0.2) is 70.0 Å². The van der Waals surface area contributed by atoms with Gasteiger partial charge in [-0.15, -0.1) is 22.7 Å². The van der Waals surface area contributed by atoms with Crippen molar-refractivity contribution in [2.75, 3.05) is 6.54 Å². The van der Waals surface area contributed by atoms with E-state index in [1.165, 1.54) is 16.0 Å². The van der Waals surface area contributed by atoms with E-state index >= 15 is 0 Å². The number of fused-ring (bicyclic) bond motifs is 1. The zero-order valence-corrected chi connectivity index (χ0v) is 15.8. The van der Waals surface area contributed by atoms with Crippen molar-refractivity contribution >= 4 is 22.7 Å². The van der Waals surface area contributed by atoms with Gasteiger partial charge in [0.25, 0.3) is 0 Å². The molecule has 3 nitrogen and oxygen atoms in total. The van der Waals surface area contributed by atoms with Gasteiger partial charge in [-0.3, -0.25) is 4.90 Å². The van der Waals surface area contributed by atoms with E-state index in [1.54, 1.807) is 17.6 Å². The molecule has 5 rings (SSSR count). The third kappa shape index (κ3) is 2.92. The minimum Gasteiger partial charge on any atom is -0.444 e. The minimum absolute atomic E-state index is 0.285. The van der Waals surface area contributed by atoms with E-state index in [4.69, 9.17) is 9.40 Å². The van der Waals surface area contributed by atoms with Gasteiger partial charge >= 0.3 is 0 Å². The average molecular weight is 379 g/mol. The summed E-state index contributed by atoms with van der Waals surface area (Å²) < 4.78 is 5.72. The van der Waals surface area contributed by atoms with Crippen LogP contribution in [-0.2, 0) is 13.0 Å². The lowest BCUT2D eigenvalue weighted by molar-refractivity contribution is 0.204. The van der Waals surface area contributed by atoms with E-state index in [-0.39, 0.29) is 6.04 Å². The highest BCUT2D eigenvalue weighted by molar-refractivity contribution is 7.13. The van der Waals surface area contributed by atoms with Gasteiger partial charge in [0.1, 0.15) is 6.26 Å². The van der Waals surface area contributed by atoms with Gasteiger partial charge in [-0.05, 0) is 40.4 Å². The number of benzene rings is 1. The Balaban J connectivity index is 1.46. The number of rotatable bonds is 4. The molecule has 0 fully saturated rings. The standard InChI is InChI=1S/C21H18N2OS2/c1-2-5-15(6-3-1)20-17-9-12-26-18(17)8-10-23(20)13-16-14-24-21(22-16)19-7-4-11-25-19/h1-7,9,11-12,14,20H,8,10,13H2/t20-/m1/s1. The molecule has 3 aromatic heterocycles. The predicted molar refractivity (Wildman–Crippen MR) is 107 cm³/mol. The second kappa shape index (κ2) is 6.83. The van der Waals surface area contributed by atoms with Gasteiger partial charge in [-0.1, -0.05) is 36.4 Å². The van der Waals surface area contributed by atoms with Crippen molar-refractivity contribution < 1.29 is 4.42 Å². The van der Waals surface area contributed by atoms with E-state index in [1.807, 2.05) is 28.8 Å². The van der Waals surface area contributed by atoms with Crippen LogP contribution in [0.3, 0.4) is 0 Å². The second-order valence-electron chi connectivity index (χ2n) is 6.45. The fourth-order valence-electron chi connectivity index (χ4n) is 3.67. The molecular formula is C21H18N2OS2. The first-order valence-corrected chi connectivity index (χ1v) is 10.5. The van der Waals surface area contributed by atoms with Crippen LogP contribution in [0.2, 0.25) is 0 Å². The number of thiophene rings is 2. The van der Waals surface area contributed by atoms with Crippen molar-refractivity contribution in [2.45, 2.75) is 19.0 Å². The highest BCUT2D eigenvalue weighted by Gasteiger charge is 2.30. The topological polar surface area (TPSA) is 29.3 Å². The van der Waals surface area contributed by atoms with Crippen LogP contribution in [0.4, 0.5) is 0 Å². The fraction of sp³-hybridized carbons (Fsp3) is 0.190. The fourth-order valence-corrected chi connectivity index (χ4v) is 5.22. The summed E-state index contributed by atoms with van der Waals surface area (Å²) in [5.41, 5.74) is 3.77. The summed E-state index contributed by atoms with van der Waals surface area (Å²) in [7, 11) is 0. The lowest BCUT2D eigenvalue weighted by Crippen LogP contribution is -2.35. The Morgan fingerprint density at radius 2 is 1.96 bits per heavy atom. The Bertz CT molecular complexity index is 988. The molecule has 4 aromatic rings. The Hall–Kier alpha value is -2.21. The summed E-state index contributed by atoms with van der Waals surface area (Å²) in [6.45, 7) is 1.83. The quantitative estimate of drug-likeness (QED) is 0.462. The van der Waals surface area contributed by atoms with Gasteiger partial charge in [0, 0.05) is 18.0 Å². The summed E-state index contributed by atoms with van der Waals surface area (Å²) in [6, 6.07) is 17.4. The van der Waals surface area contributed by atoms with Crippen molar-refractivity contribution in [1.82, 2.24) is 9.88 Å². The maximum atomic E-state index is 5.72. The van der Waals surface area contributed by atoms with Crippen LogP contribution in [-0.4, -0.2) is 16.4 Å². The Morgan fingerprint density at radius 3 is 2.81 bits per heavy atom. The summed E-state index contributed by atoms with van der Waals surface area (Å²) in [5.74, 6) is 0.722. The normalized spacial score (nSPS) is 17.3. The van der Waals surface area contributed by atoms with Crippen molar-refractivity contribution in [3.8, 4) is 10.8 Å². The Labute approximate surface area is 160 Å². The third-order valence-electron chi connectivity index (χ3n) is 4.83. The molecule has 0 amide bonds. The molecular weight excluding hydrogens is 360 g/mol. The molecule has 26 heavy (non-hydrogen) atoms. The second-order valence-corrected chi connectivity index (χ2v) is 8.40. The molecule has 0 spiro atoms. The monoisotopic (exact) mass is 378 g/mol.